The van der Waals surface area contributed by atoms with Crippen LogP contribution in [0.25, 0.3) is 0 Å². The van der Waals surface area contributed by atoms with Gasteiger partial charge in [0.2, 0.25) is 21.9 Å². The summed E-state index contributed by atoms with van der Waals surface area (Å²) in [5.41, 5.74) is 10.8. The lowest BCUT2D eigenvalue weighted by molar-refractivity contribution is -0.134. The lowest BCUT2D eigenvalue weighted by atomic mass is 9.89. The maximum Gasteiger partial charge on any atom is 0.409 e. The molecule has 2 aliphatic heterocycles. The van der Waals surface area contributed by atoms with Crippen molar-refractivity contribution in [3.8, 4) is 5.75 Å². The van der Waals surface area contributed by atoms with Crippen molar-refractivity contribution < 1.29 is 35.9 Å². The van der Waals surface area contributed by atoms with Crippen LogP contribution in [0, 0.1) is 20.8 Å². The zero-order valence-electron chi connectivity index (χ0n) is 35.8. The summed E-state index contributed by atoms with van der Waals surface area (Å²) in [4.78, 5) is 29.9. The molecule has 2 heterocycles. The molecule has 4 rings (SSSR count). The van der Waals surface area contributed by atoms with Gasteiger partial charge in [-0.05, 0) is 106 Å². The number of fused-ring (bicyclic) bond motifs is 1. The number of hydrogen-bond acceptors (Lipinski definition) is 8. The van der Waals surface area contributed by atoms with Crippen LogP contribution in [0.5, 0.6) is 5.75 Å². The fourth-order valence-electron chi connectivity index (χ4n) is 7.59. The lowest BCUT2D eigenvalue weighted by Crippen LogP contribution is -2.56. The molecule has 0 radical (unpaired) electrons. The Labute approximate surface area is 340 Å². The second-order valence-corrected chi connectivity index (χ2v) is 19.9. The Morgan fingerprint density at radius 3 is 1.96 bits per heavy atom. The third-order valence-corrected chi connectivity index (χ3v) is 14.0. The van der Waals surface area contributed by atoms with Crippen LogP contribution in [0.3, 0.4) is 0 Å². The molecule has 14 nitrogen and oxygen atoms in total. The monoisotopic (exact) mass is 832 g/mol. The Balaban J connectivity index is 1.59. The highest BCUT2D eigenvalue weighted by Gasteiger charge is 2.38. The minimum atomic E-state index is -4.24. The molecule has 0 spiro atoms. The first-order chi connectivity index (χ1) is 26.4. The number of nitrogens with zero attached hydrogens (tertiary/aromatic N) is 3. The van der Waals surface area contributed by atoms with Crippen LogP contribution >= 0.6 is 0 Å². The summed E-state index contributed by atoms with van der Waals surface area (Å²) < 4.78 is 74.4. The minimum absolute atomic E-state index is 0.0688. The molecule has 0 aromatic heterocycles. The van der Waals surface area contributed by atoms with E-state index in [1.54, 1.807) is 25.7 Å². The molecule has 0 aliphatic carbocycles. The smallest absolute Gasteiger partial charge is 0.409 e. The first-order valence-electron chi connectivity index (χ1n) is 20.0. The zero-order chi connectivity index (χ0) is 42.8. The average molecular weight is 833 g/mol. The third-order valence-electron chi connectivity index (χ3n) is 10.8. The van der Waals surface area contributed by atoms with E-state index in [1.165, 1.54) is 4.90 Å². The number of hydrogen-bond donors (Lipinski definition) is 3. The van der Waals surface area contributed by atoms with Gasteiger partial charge in [0.15, 0.2) is 0 Å². The summed E-state index contributed by atoms with van der Waals surface area (Å²) in [5.74, 6) is -0.0950. The number of amides is 2. The first kappa shape index (κ1) is 45.8. The molecule has 4 N–H and O–H groups in total. The van der Waals surface area contributed by atoms with E-state index in [0.717, 1.165) is 16.7 Å². The zero-order valence-corrected chi connectivity index (χ0v) is 37.5. The van der Waals surface area contributed by atoms with Gasteiger partial charge < -0.3 is 30.3 Å². The summed E-state index contributed by atoms with van der Waals surface area (Å²) >= 11 is 0. The molecule has 2 aromatic rings. The predicted molar refractivity (Wildman–Crippen MR) is 223 cm³/mol. The molecule has 1 unspecified atom stereocenters. The molecular weight excluding hydrogens is 769 g/mol. The Hall–Kier alpha value is -3.89. The van der Waals surface area contributed by atoms with E-state index in [1.807, 2.05) is 60.6 Å². The van der Waals surface area contributed by atoms with Gasteiger partial charge in [0.05, 0.1) is 16.4 Å². The first-order valence-corrected chi connectivity index (χ1v) is 22.9. The summed E-state index contributed by atoms with van der Waals surface area (Å²) in [5, 5.41) is 2.85. The van der Waals surface area contributed by atoms with Crippen LogP contribution in [0.4, 0.5) is 4.79 Å². The van der Waals surface area contributed by atoms with Crippen molar-refractivity contribution in [3.05, 3.63) is 51.1 Å². The Morgan fingerprint density at radius 1 is 0.877 bits per heavy atom. The van der Waals surface area contributed by atoms with Gasteiger partial charge in [-0.25, -0.2) is 13.2 Å². The molecule has 2 amide bonds. The standard InChI is InChI=1S/C41H64N6O8S2/c1-13-54-40(49)47-19-17-46(18-20-47)38(48)34(44-57(52,53)37-31(25(4)5)21-30(24(2)3)22-32(37)26(6)7)15-14-16-43-39(42)45-56(50,51)36-28(9)27(8)35-33(29(36)10)23-41(11,12)55-35/h21-22,24-26,34,44H,13-20,23H2,1-12H3,(H3,42,43,45). The second kappa shape index (κ2) is 17.9. The van der Waals surface area contributed by atoms with Crippen LogP contribution in [0.1, 0.15) is 132 Å². The topological polar surface area (TPSA) is 190 Å². The highest BCUT2D eigenvalue weighted by Crippen LogP contribution is 2.44. The maximum atomic E-state index is 14.5. The largest absolute Gasteiger partial charge is 0.487 e. The van der Waals surface area contributed by atoms with E-state index in [-0.39, 0.29) is 85.7 Å². The summed E-state index contributed by atoms with van der Waals surface area (Å²) in [6.07, 6.45) is 0.400. The van der Waals surface area contributed by atoms with Crippen molar-refractivity contribution in [3.63, 3.8) is 0 Å². The van der Waals surface area contributed by atoms with Gasteiger partial charge in [-0.1, -0.05) is 53.7 Å². The molecule has 57 heavy (non-hydrogen) atoms. The van der Waals surface area contributed by atoms with E-state index in [9.17, 15) is 26.4 Å². The molecule has 16 heteroatoms. The van der Waals surface area contributed by atoms with Crippen molar-refractivity contribution in [2.75, 3.05) is 39.3 Å². The SMILES string of the molecule is CCOC(=O)N1CCN(C(=O)C(CCCNC(N)=NS(=O)(=O)c2c(C)c(C)c3c(c2C)CC(C)(C)O3)NS(=O)(=O)c2c(C(C)C)cc(C(C)C)cc2C(C)C)CC1. The van der Waals surface area contributed by atoms with Gasteiger partial charge in [0, 0.05) is 44.7 Å². The van der Waals surface area contributed by atoms with Crippen molar-refractivity contribution in [2.24, 2.45) is 10.1 Å². The van der Waals surface area contributed by atoms with Crippen LogP contribution in [0.2, 0.25) is 0 Å². The molecule has 318 valence electrons. The molecular formula is C41H64N6O8S2. The van der Waals surface area contributed by atoms with Crippen molar-refractivity contribution in [1.29, 1.82) is 0 Å². The number of rotatable bonds is 14. The normalized spacial score (nSPS) is 16.6. The van der Waals surface area contributed by atoms with Gasteiger partial charge in [-0.3, -0.25) is 4.79 Å². The number of nitrogens with one attached hydrogen (secondary N) is 2. The van der Waals surface area contributed by atoms with Gasteiger partial charge in [-0.15, -0.1) is 4.40 Å². The Morgan fingerprint density at radius 2 is 1.44 bits per heavy atom. The summed E-state index contributed by atoms with van der Waals surface area (Å²) in [6, 6.07) is 2.73. The van der Waals surface area contributed by atoms with Gasteiger partial charge in [-0.2, -0.15) is 13.1 Å². The summed E-state index contributed by atoms with van der Waals surface area (Å²) in [7, 11) is -8.47. The fourth-order valence-corrected chi connectivity index (χ4v) is 11.0. The second-order valence-electron chi connectivity index (χ2n) is 16.7. The highest BCUT2D eigenvalue weighted by molar-refractivity contribution is 7.90. The van der Waals surface area contributed by atoms with E-state index < -0.39 is 43.7 Å². The van der Waals surface area contributed by atoms with Gasteiger partial charge in [0.1, 0.15) is 17.4 Å². The number of sulfonamides is 2. The number of ether oxygens (including phenoxy) is 2. The maximum absolute atomic E-state index is 14.5. The van der Waals surface area contributed by atoms with Crippen molar-refractivity contribution >= 4 is 38.0 Å². The number of guanidine groups is 1. The van der Waals surface area contributed by atoms with Crippen LogP contribution < -0.4 is 20.5 Å². The van der Waals surface area contributed by atoms with Crippen molar-refractivity contribution in [2.45, 2.75) is 142 Å². The van der Waals surface area contributed by atoms with Crippen molar-refractivity contribution in [1.82, 2.24) is 19.8 Å². The Kier molecular flexibility index (Phi) is 14.4. The van der Waals surface area contributed by atoms with E-state index >= 15 is 0 Å². The quantitative estimate of drug-likeness (QED) is 0.121. The summed E-state index contributed by atoms with van der Waals surface area (Å²) in [6.45, 7) is 24.1. The third kappa shape index (κ3) is 10.4. The molecule has 2 aliphatic rings. The number of carbonyl (C=O) groups is 2. The number of benzene rings is 2. The van der Waals surface area contributed by atoms with Gasteiger partial charge in [0.25, 0.3) is 10.0 Å². The molecule has 0 saturated carbocycles. The molecule has 1 fully saturated rings. The molecule has 1 saturated heterocycles. The van der Waals surface area contributed by atoms with E-state index in [0.29, 0.717) is 34.4 Å². The Bertz CT molecular complexity index is 2060. The van der Waals surface area contributed by atoms with Crippen LogP contribution in [0.15, 0.2) is 26.3 Å². The van der Waals surface area contributed by atoms with E-state index in [2.05, 4.69) is 28.3 Å². The lowest BCUT2D eigenvalue weighted by Gasteiger charge is -2.36. The van der Waals surface area contributed by atoms with Crippen LogP contribution in [-0.4, -0.2) is 95.6 Å². The fraction of sp³-hybridized carbons (Fsp3) is 0.634. The van der Waals surface area contributed by atoms with E-state index in [4.69, 9.17) is 15.2 Å². The highest BCUT2D eigenvalue weighted by atomic mass is 32.2. The van der Waals surface area contributed by atoms with Gasteiger partial charge >= 0.3 is 6.09 Å². The minimum Gasteiger partial charge on any atom is -0.487 e. The molecule has 2 aromatic carbocycles. The number of nitrogens with two attached hydrogens (primary N) is 1. The van der Waals surface area contributed by atoms with Crippen LogP contribution in [-0.2, 0) is 36.0 Å². The molecule has 0 bridgehead atoms. The predicted octanol–water partition coefficient (Wildman–Crippen LogP) is 5.72. The number of carbonyl (C=O) groups excluding carboxylic acids is 2. The average Bonchev–Trinajstić information content (AvgIpc) is 3.46. The number of piperazine rings is 1. The molecule has 1 atom stereocenters.